The minimum absolute atomic E-state index is 0.0769. The molecule has 0 unspecified atom stereocenters. The molecule has 0 aliphatic heterocycles. The molecule has 0 heterocycles. The molecule has 16 rings (SSSR count). The number of carbonyl (C=O) groups is 6. The van der Waals surface area contributed by atoms with E-state index in [9.17, 15) is 59.4 Å². The van der Waals surface area contributed by atoms with E-state index in [1.807, 2.05) is 0 Å². The molecular formula is C99H162O16. The maximum absolute atomic E-state index is 13.2. The van der Waals surface area contributed by atoms with Gasteiger partial charge in [-0.05, 0) is 392 Å². The molecule has 0 aromatic heterocycles. The lowest BCUT2D eigenvalue weighted by Crippen LogP contribution is -2.58. The lowest BCUT2D eigenvalue weighted by Gasteiger charge is -2.62. The van der Waals surface area contributed by atoms with Crippen LogP contribution >= 0.6 is 0 Å². The Kier molecular flexibility index (Phi) is 27.3. The van der Waals surface area contributed by atoms with E-state index in [1.54, 1.807) is 0 Å². The third-order valence-corrected chi connectivity index (χ3v) is 41.1. The Morgan fingerprint density at radius 2 is 0.557 bits per heavy atom. The number of aliphatic hydroxyl groups excluding tert-OH is 6. The molecule has 16 aliphatic rings. The number of aliphatic hydroxyl groups is 6. The van der Waals surface area contributed by atoms with E-state index in [4.69, 9.17) is 19.3 Å². The van der Waals surface area contributed by atoms with E-state index < -0.39 is 5.97 Å². The van der Waals surface area contributed by atoms with Gasteiger partial charge in [-0.3, -0.25) is 28.8 Å². The van der Waals surface area contributed by atoms with Crippen molar-refractivity contribution in [1.29, 1.82) is 0 Å². The van der Waals surface area contributed by atoms with Gasteiger partial charge < -0.3 is 50.0 Å². The second kappa shape index (κ2) is 35.0. The van der Waals surface area contributed by atoms with Crippen molar-refractivity contribution in [2.45, 2.75) is 377 Å². The Balaban J connectivity index is 0.000000134. The highest BCUT2D eigenvalue weighted by Gasteiger charge is 2.68. The van der Waals surface area contributed by atoms with Gasteiger partial charge in [-0.15, -0.1) is 0 Å². The number of carboxylic acid groups (broad SMARTS) is 1. The lowest BCUT2D eigenvalue weighted by molar-refractivity contribution is -0.172. The van der Waals surface area contributed by atoms with Crippen LogP contribution in [0.2, 0.25) is 0 Å². The number of esters is 3. The molecule has 0 amide bonds. The lowest BCUT2D eigenvalue weighted by atomic mass is 9.43. The summed E-state index contributed by atoms with van der Waals surface area (Å²) in [5.74, 6) is 12.8. The van der Waals surface area contributed by atoms with E-state index in [2.05, 4.69) is 83.1 Å². The van der Waals surface area contributed by atoms with Crippen molar-refractivity contribution in [1.82, 2.24) is 0 Å². The van der Waals surface area contributed by atoms with Gasteiger partial charge in [0.1, 0.15) is 11.6 Å². The number of carbonyl (C=O) groups excluding carboxylic acids is 5. The summed E-state index contributed by atoms with van der Waals surface area (Å²) in [5.41, 5.74) is 1.80. The van der Waals surface area contributed by atoms with Gasteiger partial charge in [0, 0.05) is 50.4 Å². The number of aliphatic carboxylic acids is 1. The summed E-state index contributed by atoms with van der Waals surface area (Å²) in [6.45, 7) is 28.8. The zero-order chi connectivity index (χ0) is 83.2. The van der Waals surface area contributed by atoms with E-state index in [0.29, 0.717) is 184 Å². The molecule has 0 radical (unpaired) electrons. The average Bonchev–Trinajstić information content (AvgIpc) is 1.71. The van der Waals surface area contributed by atoms with E-state index in [-0.39, 0.29) is 106 Å². The number of rotatable bonds is 16. The van der Waals surface area contributed by atoms with Crippen LogP contribution in [0, 0.1) is 185 Å². The van der Waals surface area contributed by atoms with Gasteiger partial charge in [-0.25, -0.2) is 0 Å². The smallest absolute Gasteiger partial charge is 0.305 e. The summed E-state index contributed by atoms with van der Waals surface area (Å²) >= 11 is 0. The van der Waals surface area contributed by atoms with Gasteiger partial charge >= 0.3 is 23.9 Å². The summed E-state index contributed by atoms with van der Waals surface area (Å²) in [7, 11) is 4.42. The molecule has 0 aromatic carbocycles. The van der Waals surface area contributed by atoms with Gasteiger partial charge in [0.05, 0.1) is 58.0 Å². The SMILES string of the molecule is COC(=O)CC[C@@H](C)[C@H]1CC[C@H]2[C@@H]3CC(=O)[C@@H]4C[C@H](O)CC[C@]4(C)[C@H]3CC[C@]12C.COC(=O)CC[C@@H](C)[C@H]1CC[C@H]2[C@@H]3CC(=O)[C@H]4C[C@H](O)CC[C@]4(C)[C@H]3CC[C@]12C.COC(=O)CC[C@@H](C)[C@H]1CC[C@H]2[C@@H]3C[C@H](O)[C@@H]4C[C@H](O)CC[C@]4(C)[C@H]3CC[C@]12C.C[C@H](CCC(=O)O)[C@H]1CC[C@H]2[C@@H]3C[C@H](O)[C@@H]4C[C@H](O)CC[C@]4(C)[C@H]3CC[C@]12C. The van der Waals surface area contributed by atoms with E-state index in [1.165, 1.54) is 124 Å². The van der Waals surface area contributed by atoms with Crippen molar-refractivity contribution >= 4 is 35.4 Å². The molecule has 38 atom stereocenters. The Morgan fingerprint density at radius 3 is 0.843 bits per heavy atom. The summed E-state index contributed by atoms with van der Waals surface area (Å²) in [6.07, 6.45) is 37.7. The summed E-state index contributed by atoms with van der Waals surface area (Å²) in [6, 6.07) is 0. The normalized spacial score (nSPS) is 49.3. The van der Waals surface area contributed by atoms with Gasteiger partial charge in [-0.1, -0.05) is 83.1 Å². The highest BCUT2D eigenvalue weighted by Crippen LogP contribution is 2.74. The molecule has 16 heteroatoms. The Labute approximate surface area is 693 Å². The summed E-state index contributed by atoms with van der Waals surface area (Å²) in [5, 5.41) is 72.1. The zero-order valence-corrected chi connectivity index (χ0v) is 74.4. The molecule has 0 spiro atoms. The number of hydrogen-bond acceptors (Lipinski definition) is 15. The molecule has 16 fully saturated rings. The standard InChI is InChI=1S/C25H42O4.2C25H40O4.C24H40O4/c3*1-15(5-8-23(28)29-4)18-6-7-19-17-14-22(27)21-13-16(26)9-11-25(21,3)20(17)10-12-24(18,19)2;1-14(4-7-22(27)28)17-5-6-18-16-13-21(26)20-12-15(25)8-10-24(20,3)19(16)9-11-23(17,18)2/h15-22,26-27H,5-14H2,1-4H3;2*15-21,26H,5-14H2,1-4H3;14-21,25-26H,4-13H2,1-3H3,(H,27,28)/t15-,16-,17+,18-,19+,20+,21+,22+,24-,25-;15-,16-,17+,18-,19+,20+,21+,24-,25-;15-,16-,17+,18-,19+,20+,21-,24-,25-;14-,15-,16+,17-,18+,19+,20+,21+,23-,24-/m1111/s1. The minimum atomic E-state index is -0.677. The molecule has 115 heavy (non-hydrogen) atoms. The molecular weight excluding hydrogens is 1450 g/mol. The van der Waals surface area contributed by atoms with Crippen LogP contribution in [0.1, 0.15) is 340 Å². The van der Waals surface area contributed by atoms with Crippen molar-refractivity contribution in [3.8, 4) is 0 Å². The summed E-state index contributed by atoms with van der Waals surface area (Å²) < 4.78 is 14.6. The molecule has 654 valence electrons. The molecule has 7 N–H and O–H groups in total. The predicted molar refractivity (Wildman–Crippen MR) is 446 cm³/mol. The van der Waals surface area contributed by atoms with Crippen molar-refractivity contribution in [3.05, 3.63) is 0 Å². The molecule has 16 saturated carbocycles. The first-order chi connectivity index (χ1) is 54.3. The number of Topliss-reactive ketones (excluding diaryl/α,β-unsaturated/α-hetero) is 2. The van der Waals surface area contributed by atoms with Crippen LogP contribution in [0.25, 0.3) is 0 Å². The third kappa shape index (κ3) is 16.5. The van der Waals surface area contributed by atoms with Crippen LogP contribution in [0.5, 0.6) is 0 Å². The van der Waals surface area contributed by atoms with Crippen LogP contribution in [-0.4, -0.2) is 129 Å². The number of ketones is 2. The maximum Gasteiger partial charge on any atom is 0.305 e. The number of ether oxygens (including phenoxy) is 3. The molecule has 16 aliphatic carbocycles. The van der Waals surface area contributed by atoms with Crippen LogP contribution < -0.4 is 0 Å². The monoisotopic (exact) mass is 1610 g/mol. The first-order valence-electron chi connectivity index (χ1n) is 47.8. The predicted octanol–water partition coefficient (Wildman–Crippen LogP) is 18.6. The van der Waals surface area contributed by atoms with Crippen LogP contribution in [0.3, 0.4) is 0 Å². The average molecular weight is 1610 g/mol. The topological polar surface area (TPSA) is 272 Å². The van der Waals surface area contributed by atoms with Crippen molar-refractivity contribution < 1.29 is 78.7 Å². The Hall–Kier alpha value is -3.02. The molecule has 16 nitrogen and oxygen atoms in total. The first-order valence-corrected chi connectivity index (χ1v) is 47.8. The third-order valence-electron chi connectivity index (χ3n) is 41.1. The quantitative estimate of drug-likeness (QED) is 0.0559. The molecule has 0 bridgehead atoms. The fraction of sp³-hybridized carbons (Fsp3) is 0.939. The second-order valence-corrected chi connectivity index (χ2v) is 45.6. The second-order valence-electron chi connectivity index (χ2n) is 45.6. The van der Waals surface area contributed by atoms with Gasteiger partial charge in [0.25, 0.3) is 0 Å². The zero-order valence-electron chi connectivity index (χ0n) is 74.4. The van der Waals surface area contributed by atoms with E-state index in [0.717, 1.165) is 116 Å². The highest BCUT2D eigenvalue weighted by molar-refractivity contribution is 5.84. The molecule has 0 saturated heterocycles. The number of hydrogen-bond donors (Lipinski definition) is 7. The Bertz CT molecular complexity index is 3300. The highest BCUT2D eigenvalue weighted by atomic mass is 16.5. The first kappa shape index (κ1) is 89.7. The van der Waals surface area contributed by atoms with Crippen LogP contribution in [-0.2, 0) is 43.0 Å². The van der Waals surface area contributed by atoms with Crippen molar-refractivity contribution in [3.63, 3.8) is 0 Å². The van der Waals surface area contributed by atoms with Crippen molar-refractivity contribution in [2.24, 2.45) is 185 Å². The van der Waals surface area contributed by atoms with Gasteiger partial charge in [0.2, 0.25) is 0 Å². The number of carboxylic acids is 1. The van der Waals surface area contributed by atoms with Gasteiger partial charge in [0.15, 0.2) is 0 Å². The van der Waals surface area contributed by atoms with E-state index >= 15 is 0 Å². The summed E-state index contributed by atoms with van der Waals surface area (Å²) in [4.78, 5) is 72.3. The Morgan fingerprint density at radius 1 is 0.313 bits per heavy atom. The van der Waals surface area contributed by atoms with Crippen LogP contribution in [0.15, 0.2) is 0 Å². The number of fused-ring (bicyclic) bond motifs is 20. The largest absolute Gasteiger partial charge is 0.481 e. The fourth-order valence-corrected chi connectivity index (χ4v) is 35.0. The van der Waals surface area contributed by atoms with Crippen molar-refractivity contribution in [2.75, 3.05) is 21.3 Å². The molecule has 0 aromatic rings. The minimum Gasteiger partial charge on any atom is -0.481 e. The fourth-order valence-electron chi connectivity index (χ4n) is 35.0. The van der Waals surface area contributed by atoms with Gasteiger partial charge in [-0.2, -0.15) is 0 Å². The van der Waals surface area contributed by atoms with Crippen LogP contribution in [0.4, 0.5) is 0 Å². The maximum atomic E-state index is 13.2. The number of methoxy groups -OCH3 is 3.